The number of aromatic nitrogens is 1. The van der Waals surface area contributed by atoms with Crippen LogP contribution in [0.25, 0.3) is 10.9 Å². The molecule has 186 valence electrons. The molecule has 0 radical (unpaired) electrons. The van der Waals surface area contributed by atoms with E-state index < -0.39 is 18.1 Å². The normalized spacial score (nSPS) is 19.1. The summed E-state index contributed by atoms with van der Waals surface area (Å²) in [5.41, 5.74) is 4.91. The monoisotopic (exact) mass is 513 g/mol. The molecule has 1 unspecified atom stereocenters. The van der Waals surface area contributed by atoms with Crippen LogP contribution in [0.15, 0.2) is 72.8 Å². The number of nitrogens with one attached hydrogen (secondary N) is 1. The number of fused-ring (bicyclic) bond motifs is 4. The number of halogens is 1. The summed E-state index contributed by atoms with van der Waals surface area (Å²) in [5.74, 6) is -0.673. The minimum Gasteiger partial charge on any atom is -0.465 e. The molecule has 8 heteroatoms. The second kappa shape index (κ2) is 9.09. The molecule has 1 saturated heterocycles. The lowest BCUT2D eigenvalue weighted by atomic mass is 9.86. The first-order valence-corrected chi connectivity index (χ1v) is 12.4. The molecule has 3 heterocycles. The van der Waals surface area contributed by atoms with Crippen molar-refractivity contribution in [1.29, 1.82) is 0 Å². The van der Waals surface area contributed by atoms with E-state index in [0.717, 1.165) is 33.3 Å². The summed E-state index contributed by atoms with van der Waals surface area (Å²) >= 11 is 6.36. The van der Waals surface area contributed by atoms with Crippen molar-refractivity contribution in [3.8, 4) is 0 Å². The molecule has 37 heavy (non-hydrogen) atoms. The second-order valence-electron chi connectivity index (χ2n) is 9.39. The number of rotatable bonds is 4. The topological polar surface area (TPSA) is 82.7 Å². The molecule has 6 rings (SSSR count). The first-order chi connectivity index (χ1) is 18.0. The summed E-state index contributed by atoms with van der Waals surface area (Å²) < 4.78 is 4.83. The lowest BCUT2D eigenvalue weighted by molar-refractivity contribution is -0.159. The fraction of sp³-hybridized carbons (Fsp3) is 0.207. The molecule has 2 atom stereocenters. The van der Waals surface area contributed by atoms with Gasteiger partial charge in [0.15, 0.2) is 0 Å². The van der Waals surface area contributed by atoms with Crippen molar-refractivity contribution < 1.29 is 19.1 Å². The van der Waals surface area contributed by atoms with Crippen molar-refractivity contribution in [1.82, 2.24) is 14.8 Å². The van der Waals surface area contributed by atoms with E-state index in [-0.39, 0.29) is 24.9 Å². The molecule has 0 spiro atoms. The minimum absolute atomic E-state index is 0.0349. The number of H-pyrrole nitrogens is 1. The Labute approximate surface area is 218 Å². The maximum Gasteiger partial charge on any atom is 0.337 e. The van der Waals surface area contributed by atoms with Crippen molar-refractivity contribution in [3.63, 3.8) is 0 Å². The van der Waals surface area contributed by atoms with E-state index in [1.165, 1.54) is 7.11 Å². The van der Waals surface area contributed by atoms with Gasteiger partial charge in [-0.2, -0.15) is 0 Å². The number of hydrogen-bond donors (Lipinski definition) is 1. The van der Waals surface area contributed by atoms with Crippen LogP contribution < -0.4 is 0 Å². The number of benzene rings is 3. The molecule has 0 aliphatic carbocycles. The highest BCUT2D eigenvalue weighted by atomic mass is 35.5. The van der Waals surface area contributed by atoms with E-state index in [4.69, 9.17) is 16.3 Å². The SMILES string of the molecule is COC(=O)c1ccc(C2c3[nH]c4ccccc4c3C[C@H]3C(=O)N(Cc4ccccc4Cl)CC(=O)N23)cc1. The summed E-state index contributed by atoms with van der Waals surface area (Å²) in [7, 11) is 1.34. The Bertz CT molecular complexity index is 1540. The fourth-order valence-electron chi connectivity index (χ4n) is 5.56. The van der Waals surface area contributed by atoms with Crippen molar-refractivity contribution in [2.45, 2.75) is 25.0 Å². The average molecular weight is 514 g/mol. The standard InChI is InChI=1S/C29H24ClN3O4/c1-37-29(36)18-12-10-17(11-13-18)27-26-21(20-7-3-5-9-23(20)31-26)14-24-28(35)32(16-25(34)33(24)27)15-19-6-2-4-8-22(19)30/h2-13,24,27,31H,14-16H2,1H3/t24-,27?/m0/s1. The van der Waals surface area contributed by atoms with Gasteiger partial charge in [0.05, 0.1) is 18.7 Å². The van der Waals surface area contributed by atoms with Crippen molar-refractivity contribution in [2.24, 2.45) is 0 Å². The molecule has 2 aliphatic rings. The van der Waals surface area contributed by atoms with E-state index in [1.54, 1.807) is 28.0 Å². The number of carbonyl (C=O) groups is 3. The van der Waals surface area contributed by atoms with Crippen LogP contribution in [0, 0.1) is 0 Å². The molecule has 0 bridgehead atoms. The lowest BCUT2D eigenvalue weighted by Gasteiger charge is -2.47. The van der Waals surface area contributed by atoms with Crippen molar-refractivity contribution in [2.75, 3.05) is 13.7 Å². The third kappa shape index (κ3) is 3.86. The third-order valence-electron chi connectivity index (χ3n) is 7.31. The number of ether oxygens (including phenoxy) is 1. The minimum atomic E-state index is -0.652. The Kier molecular flexibility index (Phi) is 5.72. The van der Waals surface area contributed by atoms with Crippen LogP contribution in [-0.4, -0.2) is 52.3 Å². The third-order valence-corrected chi connectivity index (χ3v) is 7.68. The largest absolute Gasteiger partial charge is 0.465 e. The highest BCUT2D eigenvalue weighted by Gasteiger charge is 2.48. The molecule has 1 N–H and O–H groups in total. The number of hydrogen-bond acceptors (Lipinski definition) is 4. The predicted molar refractivity (Wildman–Crippen MR) is 139 cm³/mol. The van der Waals surface area contributed by atoms with E-state index in [0.29, 0.717) is 17.0 Å². The van der Waals surface area contributed by atoms with Gasteiger partial charge in [0.2, 0.25) is 11.8 Å². The number of para-hydroxylation sites is 1. The summed E-state index contributed by atoms with van der Waals surface area (Å²) in [5, 5.41) is 1.60. The Morgan fingerprint density at radius 2 is 1.76 bits per heavy atom. The van der Waals surface area contributed by atoms with E-state index >= 15 is 0 Å². The highest BCUT2D eigenvalue weighted by molar-refractivity contribution is 6.31. The molecule has 1 aromatic heterocycles. The smallest absolute Gasteiger partial charge is 0.337 e. The number of esters is 1. The van der Waals surface area contributed by atoms with Crippen LogP contribution >= 0.6 is 11.6 Å². The van der Waals surface area contributed by atoms with E-state index in [2.05, 4.69) is 4.98 Å². The van der Waals surface area contributed by atoms with Gasteiger partial charge in [-0.25, -0.2) is 4.79 Å². The van der Waals surface area contributed by atoms with Crippen LogP contribution in [0.5, 0.6) is 0 Å². The molecular weight excluding hydrogens is 490 g/mol. The van der Waals surface area contributed by atoms with Gasteiger partial charge < -0.3 is 19.5 Å². The number of piperazine rings is 1. The molecule has 2 aliphatic heterocycles. The van der Waals surface area contributed by atoms with Gasteiger partial charge in [-0.15, -0.1) is 0 Å². The number of aromatic amines is 1. The molecule has 0 saturated carbocycles. The van der Waals surface area contributed by atoms with Crippen LogP contribution in [0.2, 0.25) is 5.02 Å². The molecule has 1 fully saturated rings. The zero-order valence-corrected chi connectivity index (χ0v) is 20.9. The van der Waals surface area contributed by atoms with E-state index in [9.17, 15) is 14.4 Å². The Morgan fingerprint density at radius 1 is 1.03 bits per heavy atom. The zero-order chi connectivity index (χ0) is 25.7. The highest BCUT2D eigenvalue weighted by Crippen LogP contribution is 2.42. The molecule has 4 aromatic rings. The predicted octanol–water partition coefficient (Wildman–Crippen LogP) is 4.49. The average Bonchev–Trinajstić information content (AvgIpc) is 3.29. The molecular formula is C29H24ClN3O4. The summed E-state index contributed by atoms with van der Waals surface area (Å²) in [6, 6.07) is 21.2. The number of carbonyl (C=O) groups excluding carboxylic acids is 3. The van der Waals surface area contributed by atoms with Crippen LogP contribution in [0.4, 0.5) is 0 Å². The van der Waals surface area contributed by atoms with Gasteiger partial charge in [-0.05, 0) is 41.0 Å². The van der Waals surface area contributed by atoms with Crippen LogP contribution in [0.3, 0.4) is 0 Å². The van der Waals surface area contributed by atoms with Gasteiger partial charge >= 0.3 is 5.97 Å². The van der Waals surface area contributed by atoms with Gasteiger partial charge in [0, 0.05) is 34.6 Å². The Morgan fingerprint density at radius 3 is 2.51 bits per heavy atom. The second-order valence-corrected chi connectivity index (χ2v) is 9.79. The number of nitrogens with zero attached hydrogens (tertiary/aromatic N) is 2. The summed E-state index contributed by atoms with van der Waals surface area (Å²) in [6.07, 6.45) is 0.416. The molecule has 3 aromatic carbocycles. The Balaban J connectivity index is 1.44. The summed E-state index contributed by atoms with van der Waals surface area (Å²) in [6.45, 7) is 0.237. The summed E-state index contributed by atoms with van der Waals surface area (Å²) in [4.78, 5) is 46.4. The molecule has 2 amide bonds. The van der Waals surface area contributed by atoms with Crippen molar-refractivity contribution >= 4 is 40.3 Å². The fourth-order valence-corrected chi connectivity index (χ4v) is 5.75. The maximum absolute atomic E-state index is 13.9. The first-order valence-electron chi connectivity index (χ1n) is 12.1. The van der Waals surface area contributed by atoms with Gasteiger partial charge in [0.1, 0.15) is 12.6 Å². The number of methoxy groups -OCH3 is 1. The quantitative estimate of drug-likeness (QED) is 0.407. The van der Waals surface area contributed by atoms with Crippen molar-refractivity contribution in [3.05, 3.63) is 106 Å². The zero-order valence-electron chi connectivity index (χ0n) is 20.1. The maximum atomic E-state index is 13.9. The number of amides is 2. The lowest BCUT2D eigenvalue weighted by Crippen LogP contribution is -2.62. The first kappa shape index (κ1) is 23.3. The van der Waals surface area contributed by atoms with E-state index in [1.807, 2.05) is 54.6 Å². The molecule has 7 nitrogen and oxygen atoms in total. The van der Waals surface area contributed by atoms with Gasteiger partial charge in [-0.3, -0.25) is 9.59 Å². The van der Waals surface area contributed by atoms with Gasteiger partial charge in [0.25, 0.3) is 0 Å². The van der Waals surface area contributed by atoms with Crippen LogP contribution in [-0.2, 0) is 27.3 Å². The Hall–Kier alpha value is -4.10. The van der Waals surface area contributed by atoms with Gasteiger partial charge in [-0.1, -0.05) is 60.1 Å². The van der Waals surface area contributed by atoms with Crippen LogP contribution in [0.1, 0.15) is 38.8 Å².